The minimum Gasteiger partial charge on any atom is -0.548 e. The molecule has 0 fully saturated rings. The molecule has 0 aromatic heterocycles. The molecule has 0 saturated heterocycles. The van der Waals surface area contributed by atoms with Crippen LogP contribution in [0.25, 0.3) is 0 Å². The Morgan fingerprint density at radius 2 is 1.88 bits per heavy atom. The monoisotopic (exact) mass is 245 g/mol. The van der Waals surface area contributed by atoms with Gasteiger partial charge in [-0.3, -0.25) is 0 Å². The van der Waals surface area contributed by atoms with Crippen LogP contribution in [-0.4, -0.2) is 8.32 Å². The van der Waals surface area contributed by atoms with E-state index in [1.54, 1.807) is 0 Å². The van der Waals surface area contributed by atoms with Crippen molar-refractivity contribution in [2.45, 2.75) is 32.5 Å². The predicted molar refractivity (Wildman–Crippen MR) is 73.0 cm³/mol. The van der Waals surface area contributed by atoms with Crippen LogP contribution in [0.15, 0.2) is 42.2 Å². The molecule has 0 heterocycles. The number of hydrogen-bond donors (Lipinski definition) is 0. The second-order valence-corrected chi connectivity index (χ2v) is 9.44. The van der Waals surface area contributed by atoms with Gasteiger partial charge in [0.2, 0.25) is 8.32 Å². The number of hydrogen-bond acceptors (Lipinski definition) is 2. The summed E-state index contributed by atoms with van der Waals surface area (Å²) in [6.45, 7) is 8.32. The topological polar surface area (TPSA) is 33.0 Å². The summed E-state index contributed by atoms with van der Waals surface area (Å²) in [4.78, 5) is 0. The van der Waals surface area contributed by atoms with Crippen LogP contribution in [0.2, 0.25) is 19.6 Å². The van der Waals surface area contributed by atoms with Gasteiger partial charge >= 0.3 is 0 Å². The van der Waals surface area contributed by atoms with Crippen molar-refractivity contribution in [1.29, 1.82) is 5.26 Å². The van der Waals surface area contributed by atoms with Crippen molar-refractivity contribution >= 4 is 8.32 Å². The second-order valence-electron chi connectivity index (χ2n) is 5.01. The molecule has 0 amide bonds. The Balaban J connectivity index is 2.85. The maximum absolute atomic E-state index is 9.19. The van der Waals surface area contributed by atoms with Crippen LogP contribution in [-0.2, 0) is 4.43 Å². The van der Waals surface area contributed by atoms with Crippen LogP contribution < -0.4 is 0 Å². The van der Waals surface area contributed by atoms with Crippen molar-refractivity contribution in [3.05, 3.63) is 47.7 Å². The Morgan fingerprint density at radius 3 is 2.35 bits per heavy atom. The summed E-state index contributed by atoms with van der Waals surface area (Å²) in [5, 5.41) is 9.19. The maximum Gasteiger partial charge on any atom is 0.241 e. The lowest BCUT2D eigenvalue weighted by Crippen LogP contribution is -2.24. The minimum atomic E-state index is -1.58. The van der Waals surface area contributed by atoms with Crippen molar-refractivity contribution in [3.63, 3.8) is 0 Å². The summed E-state index contributed by atoms with van der Waals surface area (Å²) in [7, 11) is -1.58. The van der Waals surface area contributed by atoms with Gasteiger partial charge in [-0.15, -0.1) is 0 Å². The summed E-state index contributed by atoms with van der Waals surface area (Å²) in [5.41, 5.74) is 1.01. The molecule has 0 saturated carbocycles. The zero-order valence-corrected chi connectivity index (χ0v) is 11.9. The average Bonchev–Trinajstić information content (AvgIpc) is 2.24. The molecule has 1 atom stereocenters. The molecule has 0 N–H and O–H groups in total. The van der Waals surface area contributed by atoms with Gasteiger partial charge < -0.3 is 4.43 Å². The van der Waals surface area contributed by atoms with Gasteiger partial charge in [-0.05, 0) is 38.2 Å². The van der Waals surface area contributed by atoms with Gasteiger partial charge in [-0.25, -0.2) is 0 Å². The Bertz CT molecular complexity index is 426. The van der Waals surface area contributed by atoms with Gasteiger partial charge in [-0.2, -0.15) is 5.26 Å². The van der Waals surface area contributed by atoms with Crippen molar-refractivity contribution in [2.24, 2.45) is 0 Å². The molecule has 1 unspecified atom stereocenters. The van der Waals surface area contributed by atoms with E-state index >= 15 is 0 Å². The lowest BCUT2D eigenvalue weighted by molar-refractivity contribution is 0.421. The van der Waals surface area contributed by atoms with E-state index in [1.165, 1.54) is 0 Å². The molecular weight excluding hydrogens is 226 g/mol. The van der Waals surface area contributed by atoms with E-state index in [4.69, 9.17) is 4.43 Å². The highest BCUT2D eigenvalue weighted by Crippen LogP contribution is 2.19. The first kappa shape index (κ1) is 13.5. The first-order valence-corrected chi connectivity index (χ1v) is 9.15. The first-order valence-electron chi connectivity index (χ1n) is 5.74. The number of benzene rings is 1. The van der Waals surface area contributed by atoms with Gasteiger partial charge in [0.15, 0.2) is 0 Å². The van der Waals surface area contributed by atoms with E-state index < -0.39 is 8.32 Å². The molecule has 0 aliphatic rings. The average molecular weight is 245 g/mol. The molecule has 2 nitrogen and oxygen atoms in total. The van der Waals surface area contributed by atoms with Gasteiger partial charge in [0.1, 0.15) is 0 Å². The smallest absolute Gasteiger partial charge is 0.241 e. The van der Waals surface area contributed by atoms with E-state index in [0.29, 0.717) is 0 Å². The maximum atomic E-state index is 9.19. The lowest BCUT2D eigenvalue weighted by atomic mass is 10.0. The summed E-state index contributed by atoms with van der Waals surface area (Å²) in [6, 6.07) is 12.1. The molecule has 0 aliphatic carbocycles. The van der Waals surface area contributed by atoms with Crippen molar-refractivity contribution in [1.82, 2.24) is 0 Å². The summed E-state index contributed by atoms with van der Waals surface area (Å²) in [5.74, 6) is 0.618. The van der Waals surface area contributed by atoms with Crippen LogP contribution in [0.4, 0.5) is 0 Å². The summed E-state index contributed by atoms with van der Waals surface area (Å²) in [6.07, 6.45) is 1.90. The molecule has 1 aromatic rings. The van der Waals surface area contributed by atoms with Gasteiger partial charge in [-0.1, -0.05) is 30.3 Å². The highest BCUT2D eigenvalue weighted by atomic mass is 28.4. The summed E-state index contributed by atoms with van der Waals surface area (Å²) < 4.78 is 5.84. The van der Waals surface area contributed by atoms with E-state index in [9.17, 15) is 5.26 Å². The fourth-order valence-corrected chi connectivity index (χ4v) is 2.65. The fourth-order valence-electron chi connectivity index (χ4n) is 1.62. The second kappa shape index (κ2) is 5.69. The Labute approximate surface area is 105 Å². The molecule has 1 aromatic carbocycles. The Kier molecular flexibility index (Phi) is 4.53. The molecule has 1 rings (SSSR count). The highest BCUT2D eigenvalue weighted by molar-refractivity contribution is 6.70. The molecule has 3 heteroatoms. The predicted octanol–water partition coefficient (Wildman–Crippen LogP) is 4.05. The molecule has 0 spiro atoms. The summed E-state index contributed by atoms with van der Waals surface area (Å²) >= 11 is 0. The minimum absolute atomic E-state index is 0.229. The number of allylic oxidation sites excluding steroid dienone is 2. The van der Waals surface area contributed by atoms with Crippen LogP contribution in [0.1, 0.15) is 18.4 Å². The molecule has 0 aliphatic heterocycles. The van der Waals surface area contributed by atoms with E-state index in [-0.39, 0.29) is 5.92 Å². The Morgan fingerprint density at radius 1 is 1.29 bits per heavy atom. The standard InChI is InChI=1S/C14H19NOSi/c1-12(16-17(2,3)4)10-14(11-15)13-8-6-5-7-9-13/h5-10,14H,1-4H3. The third-order valence-corrected chi connectivity index (χ3v) is 3.10. The van der Waals surface area contributed by atoms with Crippen LogP contribution >= 0.6 is 0 Å². The van der Waals surface area contributed by atoms with Crippen LogP contribution in [0.5, 0.6) is 0 Å². The van der Waals surface area contributed by atoms with E-state index in [0.717, 1.165) is 11.3 Å². The van der Waals surface area contributed by atoms with Gasteiger partial charge in [0.25, 0.3) is 0 Å². The third kappa shape index (κ3) is 4.88. The third-order valence-electron chi connectivity index (χ3n) is 2.17. The van der Waals surface area contributed by atoms with Gasteiger partial charge in [0.05, 0.1) is 17.7 Å². The molecule has 0 radical (unpaired) electrons. The SMILES string of the molecule is CC(=CC(C#N)c1ccccc1)O[Si](C)(C)C. The number of rotatable bonds is 4. The largest absolute Gasteiger partial charge is 0.548 e. The lowest BCUT2D eigenvalue weighted by Gasteiger charge is -2.20. The zero-order valence-electron chi connectivity index (χ0n) is 10.9. The molecule has 17 heavy (non-hydrogen) atoms. The Hall–Kier alpha value is -1.53. The normalized spacial score (nSPS) is 13.9. The fraction of sp³-hybridized carbons (Fsp3) is 0.357. The molecule has 90 valence electrons. The number of nitrogens with zero attached hydrogens (tertiary/aromatic N) is 1. The van der Waals surface area contributed by atoms with E-state index in [1.807, 2.05) is 43.3 Å². The van der Waals surface area contributed by atoms with Crippen molar-refractivity contribution < 1.29 is 4.43 Å². The highest BCUT2D eigenvalue weighted by Gasteiger charge is 2.17. The van der Waals surface area contributed by atoms with E-state index in [2.05, 4.69) is 25.7 Å². The first-order chi connectivity index (χ1) is 7.92. The van der Waals surface area contributed by atoms with Gasteiger partial charge in [0, 0.05) is 0 Å². The van der Waals surface area contributed by atoms with Crippen molar-refractivity contribution in [3.8, 4) is 6.07 Å². The molecule has 0 bridgehead atoms. The van der Waals surface area contributed by atoms with Crippen LogP contribution in [0.3, 0.4) is 0 Å². The quantitative estimate of drug-likeness (QED) is 0.592. The van der Waals surface area contributed by atoms with Crippen LogP contribution in [0, 0.1) is 11.3 Å². The molecular formula is C14H19NOSi. The van der Waals surface area contributed by atoms with Crippen molar-refractivity contribution in [2.75, 3.05) is 0 Å². The zero-order chi connectivity index (χ0) is 12.9. The number of nitriles is 1.